The normalized spacial score (nSPS) is 18.4. The summed E-state index contributed by atoms with van der Waals surface area (Å²) in [5, 5.41) is 3.41. The highest BCUT2D eigenvalue weighted by atomic mass is 32.1. The number of aromatic nitrogens is 1. The second-order valence-corrected chi connectivity index (χ2v) is 8.95. The number of hydrogen-bond donors (Lipinski definition) is 2. The van der Waals surface area contributed by atoms with Gasteiger partial charge in [0.2, 0.25) is 11.8 Å². The Labute approximate surface area is 163 Å². The number of nitrogens with one attached hydrogen (secondary N) is 1. The van der Waals surface area contributed by atoms with Gasteiger partial charge < -0.3 is 16.0 Å². The van der Waals surface area contributed by atoms with Crippen molar-refractivity contribution >= 4 is 28.3 Å². The molecule has 1 aliphatic heterocycles. The molecule has 0 radical (unpaired) electrons. The van der Waals surface area contributed by atoms with Gasteiger partial charge in [-0.15, -0.1) is 0 Å². The van der Waals surface area contributed by atoms with Crippen LogP contribution in [0.15, 0.2) is 36.5 Å². The SMILES string of the molecule is CC(C)(C)[C@H](N)C(=O)N1CCC[C@H]1C(=O)Nc1ncc(-c2ccccc2)s1. The molecule has 27 heavy (non-hydrogen) atoms. The highest BCUT2D eigenvalue weighted by Crippen LogP contribution is 2.30. The molecule has 0 saturated carbocycles. The van der Waals surface area contributed by atoms with Crippen LogP contribution in [0, 0.1) is 5.41 Å². The molecule has 144 valence electrons. The second kappa shape index (κ2) is 7.78. The molecule has 6 nitrogen and oxygen atoms in total. The Morgan fingerprint density at radius 2 is 2.00 bits per heavy atom. The second-order valence-electron chi connectivity index (χ2n) is 7.92. The Bertz CT molecular complexity index is 813. The molecule has 2 aromatic rings. The van der Waals surface area contributed by atoms with Crippen molar-refractivity contribution in [3.8, 4) is 10.4 Å². The average molecular weight is 387 g/mol. The minimum Gasteiger partial charge on any atom is -0.329 e. The molecule has 7 heteroatoms. The number of thiazole rings is 1. The summed E-state index contributed by atoms with van der Waals surface area (Å²) in [6, 6.07) is 8.78. The molecule has 1 aromatic carbocycles. The maximum atomic E-state index is 12.8. The van der Waals surface area contributed by atoms with Gasteiger partial charge in [0.1, 0.15) is 6.04 Å². The highest BCUT2D eigenvalue weighted by molar-refractivity contribution is 7.19. The molecule has 2 heterocycles. The number of hydrogen-bond acceptors (Lipinski definition) is 5. The van der Waals surface area contributed by atoms with Crippen LogP contribution in [0.3, 0.4) is 0 Å². The van der Waals surface area contributed by atoms with Gasteiger partial charge in [-0.3, -0.25) is 9.59 Å². The largest absolute Gasteiger partial charge is 0.329 e. The molecular formula is C20H26N4O2S. The van der Waals surface area contributed by atoms with E-state index in [-0.39, 0.29) is 17.2 Å². The predicted molar refractivity (Wildman–Crippen MR) is 108 cm³/mol. The topological polar surface area (TPSA) is 88.3 Å². The van der Waals surface area contributed by atoms with E-state index in [4.69, 9.17) is 5.73 Å². The molecular weight excluding hydrogens is 360 g/mol. The predicted octanol–water partition coefficient (Wildman–Crippen LogP) is 3.11. The van der Waals surface area contributed by atoms with Crippen molar-refractivity contribution in [3.05, 3.63) is 36.5 Å². The first-order valence-electron chi connectivity index (χ1n) is 9.15. The van der Waals surface area contributed by atoms with Crippen molar-refractivity contribution in [2.75, 3.05) is 11.9 Å². The van der Waals surface area contributed by atoms with Crippen molar-refractivity contribution < 1.29 is 9.59 Å². The van der Waals surface area contributed by atoms with Crippen LogP contribution in [0.4, 0.5) is 5.13 Å². The number of anilines is 1. The first-order valence-corrected chi connectivity index (χ1v) is 9.97. The molecule has 1 aromatic heterocycles. The van der Waals surface area contributed by atoms with Crippen molar-refractivity contribution in [2.24, 2.45) is 11.1 Å². The molecule has 1 saturated heterocycles. The fraction of sp³-hybridized carbons (Fsp3) is 0.450. The lowest BCUT2D eigenvalue weighted by Gasteiger charge is -2.32. The summed E-state index contributed by atoms with van der Waals surface area (Å²) in [6.45, 7) is 6.36. The molecule has 2 amide bonds. The molecule has 0 aliphatic carbocycles. The van der Waals surface area contributed by atoms with Crippen LogP contribution in [-0.4, -0.2) is 40.3 Å². The first kappa shape index (κ1) is 19.5. The van der Waals surface area contributed by atoms with Crippen LogP contribution in [0.25, 0.3) is 10.4 Å². The van der Waals surface area contributed by atoms with E-state index in [2.05, 4.69) is 10.3 Å². The van der Waals surface area contributed by atoms with Gasteiger partial charge in [0, 0.05) is 12.7 Å². The molecule has 1 fully saturated rings. The lowest BCUT2D eigenvalue weighted by molar-refractivity contribution is -0.139. The Balaban J connectivity index is 1.69. The van der Waals surface area contributed by atoms with E-state index in [1.54, 1.807) is 11.1 Å². The number of rotatable bonds is 4. The molecule has 0 bridgehead atoms. The molecule has 3 N–H and O–H groups in total. The van der Waals surface area contributed by atoms with Gasteiger partial charge in [-0.05, 0) is 23.8 Å². The summed E-state index contributed by atoms with van der Waals surface area (Å²) in [4.78, 5) is 32.4. The fourth-order valence-corrected chi connectivity index (χ4v) is 3.93. The summed E-state index contributed by atoms with van der Waals surface area (Å²) in [7, 11) is 0. The van der Waals surface area contributed by atoms with Crippen LogP contribution in [0.1, 0.15) is 33.6 Å². The molecule has 3 rings (SSSR count). The monoisotopic (exact) mass is 386 g/mol. The van der Waals surface area contributed by atoms with Crippen LogP contribution < -0.4 is 11.1 Å². The fourth-order valence-electron chi connectivity index (χ4n) is 3.11. The Morgan fingerprint density at radius 1 is 1.30 bits per heavy atom. The van der Waals surface area contributed by atoms with Crippen molar-refractivity contribution in [3.63, 3.8) is 0 Å². The quantitative estimate of drug-likeness (QED) is 0.845. The van der Waals surface area contributed by atoms with Crippen LogP contribution in [0.5, 0.6) is 0 Å². The number of carbonyl (C=O) groups excluding carboxylic acids is 2. The Kier molecular flexibility index (Phi) is 5.62. The summed E-state index contributed by atoms with van der Waals surface area (Å²) < 4.78 is 0. The van der Waals surface area contributed by atoms with Crippen LogP contribution in [0.2, 0.25) is 0 Å². The third kappa shape index (κ3) is 4.36. The zero-order valence-electron chi connectivity index (χ0n) is 15.9. The van der Waals surface area contributed by atoms with Gasteiger partial charge >= 0.3 is 0 Å². The van der Waals surface area contributed by atoms with E-state index in [1.807, 2.05) is 51.1 Å². The van der Waals surface area contributed by atoms with Gasteiger partial charge in [-0.1, -0.05) is 62.4 Å². The maximum absolute atomic E-state index is 12.8. The smallest absolute Gasteiger partial charge is 0.248 e. The summed E-state index contributed by atoms with van der Waals surface area (Å²) in [5.74, 6) is -0.361. The van der Waals surface area contributed by atoms with E-state index in [1.165, 1.54) is 11.3 Å². The van der Waals surface area contributed by atoms with Gasteiger partial charge in [0.05, 0.1) is 10.9 Å². The Morgan fingerprint density at radius 3 is 2.67 bits per heavy atom. The third-order valence-corrected chi connectivity index (χ3v) is 5.79. The zero-order valence-corrected chi connectivity index (χ0v) is 16.8. The minimum atomic E-state index is -0.629. The van der Waals surface area contributed by atoms with Crippen LogP contribution >= 0.6 is 11.3 Å². The average Bonchev–Trinajstić information content (AvgIpc) is 3.30. The van der Waals surface area contributed by atoms with Gasteiger partial charge in [-0.25, -0.2) is 4.98 Å². The molecule has 1 aliphatic rings. The summed E-state index contributed by atoms with van der Waals surface area (Å²) in [6.07, 6.45) is 3.20. The standard InChI is InChI=1S/C20H26N4O2S/c1-20(2,3)16(21)18(26)24-11-7-10-14(24)17(25)23-19-22-12-15(27-19)13-8-5-4-6-9-13/h4-6,8-9,12,14,16H,7,10-11,21H2,1-3H3,(H,22,23,25)/t14-,16+/m0/s1. The van der Waals surface area contributed by atoms with E-state index in [0.717, 1.165) is 16.9 Å². The Hall–Kier alpha value is -2.25. The number of nitrogens with two attached hydrogens (primary N) is 1. The summed E-state index contributed by atoms with van der Waals surface area (Å²) >= 11 is 1.42. The van der Waals surface area contributed by atoms with Crippen molar-refractivity contribution in [2.45, 2.75) is 45.7 Å². The lowest BCUT2D eigenvalue weighted by Crippen LogP contribution is -2.54. The van der Waals surface area contributed by atoms with E-state index < -0.39 is 12.1 Å². The first-order chi connectivity index (χ1) is 12.8. The number of benzene rings is 1. The number of amides is 2. The number of likely N-dealkylation sites (tertiary alicyclic amines) is 1. The lowest BCUT2D eigenvalue weighted by atomic mass is 9.86. The maximum Gasteiger partial charge on any atom is 0.248 e. The van der Waals surface area contributed by atoms with Gasteiger partial charge in [0.25, 0.3) is 0 Å². The third-order valence-electron chi connectivity index (χ3n) is 4.83. The summed E-state index contributed by atoms with van der Waals surface area (Å²) in [5.41, 5.74) is 6.84. The van der Waals surface area contributed by atoms with Crippen LogP contribution in [-0.2, 0) is 9.59 Å². The number of carbonyl (C=O) groups is 2. The van der Waals surface area contributed by atoms with E-state index in [0.29, 0.717) is 18.1 Å². The molecule has 0 spiro atoms. The minimum absolute atomic E-state index is 0.163. The van der Waals surface area contributed by atoms with E-state index in [9.17, 15) is 9.59 Å². The van der Waals surface area contributed by atoms with Crippen molar-refractivity contribution in [1.82, 2.24) is 9.88 Å². The van der Waals surface area contributed by atoms with E-state index >= 15 is 0 Å². The molecule has 2 atom stereocenters. The van der Waals surface area contributed by atoms with Gasteiger partial charge in [-0.2, -0.15) is 0 Å². The number of nitrogens with zero attached hydrogens (tertiary/aromatic N) is 2. The highest BCUT2D eigenvalue weighted by Gasteiger charge is 2.39. The zero-order chi connectivity index (χ0) is 19.6. The molecule has 0 unspecified atom stereocenters. The van der Waals surface area contributed by atoms with Gasteiger partial charge in [0.15, 0.2) is 5.13 Å². The van der Waals surface area contributed by atoms with Crippen molar-refractivity contribution in [1.29, 1.82) is 0 Å².